The number of halogens is 1. The van der Waals surface area contributed by atoms with Crippen LogP contribution < -0.4 is 10.6 Å². The first-order valence-corrected chi connectivity index (χ1v) is 8.58. The number of ether oxygens (including phenoxy) is 1. The van der Waals surface area contributed by atoms with Gasteiger partial charge in [0.1, 0.15) is 6.61 Å². The summed E-state index contributed by atoms with van der Waals surface area (Å²) in [5.74, 6) is -0.459. The lowest BCUT2D eigenvalue weighted by molar-refractivity contribution is -0.140. The second-order valence-corrected chi connectivity index (χ2v) is 6.60. The second kappa shape index (κ2) is 7.53. The van der Waals surface area contributed by atoms with E-state index in [9.17, 15) is 9.59 Å². The molecule has 0 unspecified atom stereocenters. The normalized spacial score (nSPS) is 16.9. The fourth-order valence-electron chi connectivity index (χ4n) is 2.70. The van der Waals surface area contributed by atoms with Gasteiger partial charge in [0.2, 0.25) is 0 Å². The Morgan fingerprint density at radius 2 is 1.92 bits per heavy atom. The first-order chi connectivity index (χ1) is 12.0. The van der Waals surface area contributed by atoms with Gasteiger partial charge in [-0.05, 0) is 30.2 Å². The van der Waals surface area contributed by atoms with Gasteiger partial charge >= 0.3 is 12.0 Å². The van der Waals surface area contributed by atoms with Gasteiger partial charge in [0.05, 0.1) is 11.6 Å². The van der Waals surface area contributed by atoms with E-state index in [4.69, 9.17) is 4.74 Å². The van der Waals surface area contributed by atoms with Crippen molar-refractivity contribution in [1.29, 1.82) is 0 Å². The molecule has 1 aliphatic heterocycles. The molecule has 0 aliphatic carbocycles. The first kappa shape index (κ1) is 17.2. The van der Waals surface area contributed by atoms with Crippen LogP contribution >= 0.6 is 15.9 Å². The van der Waals surface area contributed by atoms with E-state index >= 15 is 0 Å². The van der Waals surface area contributed by atoms with E-state index in [1.54, 1.807) is 6.92 Å². The quantitative estimate of drug-likeness (QED) is 0.766. The fourth-order valence-corrected chi connectivity index (χ4v) is 3.12. The van der Waals surface area contributed by atoms with Crippen LogP contribution in [0.5, 0.6) is 0 Å². The average Bonchev–Trinajstić information content (AvgIpc) is 2.60. The van der Waals surface area contributed by atoms with Gasteiger partial charge in [-0.25, -0.2) is 9.59 Å². The zero-order valence-corrected chi connectivity index (χ0v) is 15.2. The van der Waals surface area contributed by atoms with Gasteiger partial charge in [0, 0.05) is 10.2 Å². The molecule has 6 heteroatoms. The van der Waals surface area contributed by atoms with Gasteiger partial charge in [-0.3, -0.25) is 0 Å². The predicted octanol–water partition coefficient (Wildman–Crippen LogP) is 3.82. The summed E-state index contributed by atoms with van der Waals surface area (Å²) in [6.45, 7) is 1.87. The molecule has 0 spiro atoms. The minimum atomic E-state index is -0.561. The van der Waals surface area contributed by atoms with Gasteiger partial charge in [-0.2, -0.15) is 0 Å². The Bertz CT molecular complexity index is 834. The summed E-state index contributed by atoms with van der Waals surface area (Å²) in [5, 5.41) is 5.43. The molecule has 0 saturated carbocycles. The summed E-state index contributed by atoms with van der Waals surface area (Å²) in [5.41, 5.74) is 2.59. The molecule has 2 amide bonds. The van der Waals surface area contributed by atoms with Crippen LogP contribution in [0.25, 0.3) is 0 Å². The lowest BCUT2D eigenvalue weighted by Gasteiger charge is -2.28. The second-order valence-electron chi connectivity index (χ2n) is 5.69. The molecule has 0 aromatic heterocycles. The number of allylic oxidation sites excluding steroid dienone is 1. The van der Waals surface area contributed by atoms with Gasteiger partial charge in [-0.15, -0.1) is 0 Å². The summed E-state index contributed by atoms with van der Waals surface area (Å²) in [6, 6.07) is 16.0. The number of rotatable bonds is 4. The molecule has 128 valence electrons. The molecule has 2 N–H and O–H groups in total. The number of hydrogen-bond donors (Lipinski definition) is 2. The summed E-state index contributed by atoms with van der Waals surface area (Å²) in [6.07, 6.45) is 0. The van der Waals surface area contributed by atoms with Crippen LogP contribution in [0.4, 0.5) is 4.79 Å². The maximum atomic E-state index is 12.7. The molecule has 1 heterocycles. The van der Waals surface area contributed by atoms with Crippen molar-refractivity contribution in [1.82, 2.24) is 10.6 Å². The molecular formula is C19H17BrN2O3. The molecule has 1 atom stereocenters. The maximum absolute atomic E-state index is 12.7. The Morgan fingerprint density at radius 3 is 2.64 bits per heavy atom. The van der Waals surface area contributed by atoms with Crippen LogP contribution in [0, 0.1) is 0 Å². The van der Waals surface area contributed by atoms with Crippen LogP contribution in [0.3, 0.4) is 0 Å². The van der Waals surface area contributed by atoms with Crippen LogP contribution in [-0.2, 0) is 16.1 Å². The van der Waals surface area contributed by atoms with Crippen molar-refractivity contribution in [3.8, 4) is 0 Å². The molecule has 0 fully saturated rings. The van der Waals surface area contributed by atoms with Gasteiger partial charge in [0.25, 0.3) is 0 Å². The van der Waals surface area contributed by atoms with Crippen molar-refractivity contribution in [3.05, 3.63) is 81.5 Å². The number of esters is 1. The summed E-state index contributed by atoms with van der Waals surface area (Å²) >= 11 is 3.42. The third-order valence-corrected chi connectivity index (χ3v) is 4.38. The predicted molar refractivity (Wildman–Crippen MR) is 97.5 cm³/mol. The van der Waals surface area contributed by atoms with E-state index in [-0.39, 0.29) is 12.6 Å². The van der Waals surface area contributed by atoms with Crippen molar-refractivity contribution in [3.63, 3.8) is 0 Å². The number of amides is 2. The zero-order valence-electron chi connectivity index (χ0n) is 13.6. The summed E-state index contributed by atoms with van der Waals surface area (Å²) in [4.78, 5) is 24.5. The highest BCUT2D eigenvalue weighted by molar-refractivity contribution is 9.10. The number of urea groups is 1. The lowest BCUT2D eigenvalue weighted by atomic mass is 9.96. The molecule has 0 saturated heterocycles. The lowest BCUT2D eigenvalue weighted by Crippen LogP contribution is -2.45. The van der Waals surface area contributed by atoms with Crippen molar-refractivity contribution in [2.24, 2.45) is 0 Å². The molecule has 2 aromatic rings. The monoisotopic (exact) mass is 400 g/mol. The van der Waals surface area contributed by atoms with E-state index in [0.29, 0.717) is 11.3 Å². The molecule has 0 bridgehead atoms. The van der Waals surface area contributed by atoms with Crippen molar-refractivity contribution < 1.29 is 14.3 Å². The van der Waals surface area contributed by atoms with E-state index in [1.165, 1.54) is 0 Å². The Kier molecular flexibility index (Phi) is 5.19. The molecule has 5 nitrogen and oxygen atoms in total. The van der Waals surface area contributed by atoms with Gasteiger partial charge in [0.15, 0.2) is 0 Å². The smallest absolute Gasteiger partial charge is 0.338 e. The van der Waals surface area contributed by atoms with Crippen molar-refractivity contribution in [2.75, 3.05) is 0 Å². The number of benzene rings is 2. The molecule has 25 heavy (non-hydrogen) atoms. The van der Waals surface area contributed by atoms with Crippen molar-refractivity contribution >= 4 is 27.9 Å². The van der Waals surface area contributed by atoms with E-state index in [2.05, 4.69) is 26.6 Å². The van der Waals surface area contributed by atoms with Gasteiger partial charge in [-0.1, -0.05) is 58.4 Å². The number of carbonyl (C=O) groups is 2. The number of hydrogen-bond acceptors (Lipinski definition) is 3. The molecule has 1 aliphatic rings. The van der Waals surface area contributed by atoms with Crippen LogP contribution in [0.2, 0.25) is 0 Å². The number of carbonyl (C=O) groups excluding carboxylic acids is 2. The Morgan fingerprint density at radius 1 is 1.16 bits per heavy atom. The van der Waals surface area contributed by atoms with Crippen LogP contribution in [0.15, 0.2) is 70.3 Å². The van der Waals surface area contributed by atoms with Gasteiger partial charge < -0.3 is 15.4 Å². The highest BCUT2D eigenvalue weighted by Crippen LogP contribution is 2.29. The minimum absolute atomic E-state index is 0.176. The third-order valence-electron chi connectivity index (χ3n) is 3.88. The number of nitrogens with one attached hydrogen (secondary N) is 2. The average molecular weight is 401 g/mol. The topological polar surface area (TPSA) is 67.4 Å². The largest absolute Gasteiger partial charge is 0.457 e. The molecule has 2 aromatic carbocycles. The third kappa shape index (κ3) is 4.09. The summed E-state index contributed by atoms with van der Waals surface area (Å²) < 4.78 is 6.32. The molecule has 3 rings (SSSR count). The van der Waals surface area contributed by atoms with E-state index < -0.39 is 12.0 Å². The minimum Gasteiger partial charge on any atom is -0.457 e. The Labute approximate surface area is 154 Å². The summed E-state index contributed by atoms with van der Waals surface area (Å²) in [7, 11) is 0. The van der Waals surface area contributed by atoms with E-state index in [0.717, 1.165) is 15.6 Å². The highest BCUT2D eigenvalue weighted by Gasteiger charge is 2.32. The molecular weight excluding hydrogens is 384 g/mol. The first-order valence-electron chi connectivity index (χ1n) is 7.79. The maximum Gasteiger partial charge on any atom is 0.338 e. The Hall–Kier alpha value is -2.60. The van der Waals surface area contributed by atoms with Crippen LogP contribution in [-0.4, -0.2) is 12.0 Å². The standard InChI is InChI=1S/C19H17BrN2O3/c1-12-16(18(23)25-11-13-6-3-2-4-7-13)17(22-19(24)21-12)14-8-5-9-15(20)10-14/h2-10,17H,11H2,1H3,(H2,21,22,24)/t17-/m1/s1. The van der Waals surface area contributed by atoms with E-state index in [1.807, 2.05) is 54.6 Å². The molecule has 0 radical (unpaired) electrons. The van der Waals surface area contributed by atoms with Crippen LogP contribution in [0.1, 0.15) is 24.1 Å². The Balaban J connectivity index is 1.85. The fraction of sp³-hybridized carbons (Fsp3) is 0.158. The SMILES string of the molecule is CC1=C(C(=O)OCc2ccccc2)[C@@H](c2cccc(Br)c2)NC(=O)N1. The zero-order chi connectivity index (χ0) is 17.8. The highest BCUT2D eigenvalue weighted by atomic mass is 79.9. The van der Waals surface area contributed by atoms with Crippen molar-refractivity contribution in [2.45, 2.75) is 19.6 Å².